The van der Waals surface area contributed by atoms with Crippen LogP contribution in [0.1, 0.15) is 16.7 Å². The Labute approximate surface area is 175 Å². The highest BCUT2D eigenvalue weighted by molar-refractivity contribution is 9.10. The topological polar surface area (TPSA) is 76.2 Å². The Hall–Kier alpha value is -3.50. The van der Waals surface area contributed by atoms with Gasteiger partial charge in [0.1, 0.15) is 18.2 Å². The summed E-state index contributed by atoms with van der Waals surface area (Å²) in [6, 6.07) is 19.3. The van der Waals surface area contributed by atoms with Crippen molar-refractivity contribution in [3.8, 4) is 11.8 Å². The van der Waals surface area contributed by atoms with E-state index in [-0.39, 0.29) is 23.7 Å². The lowest BCUT2D eigenvalue weighted by Gasteiger charge is -2.11. The number of halogens is 2. The third-order valence-corrected chi connectivity index (χ3v) is 4.54. The van der Waals surface area contributed by atoms with E-state index in [1.807, 2.05) is 0 Å². The number of nitro benzene ring substituents is 1. The number of nitro groups is 1. The molecular formula is C22H14BrFN2O3. The average Bonchev–Trinajstić information content (AvgIpc) is 2.71. The largest absolute Gasteiger partial charge is 0.488 e. The fourth-order valence-electron chi connectivity index (χ4n) is 2.67. The molecule has 29 heavy (non-hydrogen) atoms. The molecule has 0 radical (unpaired) electrons. The highest BCUT2D eigenvalue weighted by Crippen LogP contribution is 2.29. The minimum absolute atomic E-state index is 0.0968. The van der Waals surface area contributed by atoms with Crippen LogP contribution in [0.3, 0.4) is 0 Å². The third kappa shape index (κ3) is 5.27. The second kappa shape index (κ2) is 9.13. The smallest absolute Gasteiger partial charge is 0.270 e. The van der Waals surface area contributed by atoms with Crippen molar-refractivity contribution in [3.63, 3.8) is 0 Å². The molecule has 0 spiro atoms. The van der Waals surface area contributed by atoms with Crippen molar-refractivity contribution in [1.29, 1.82) is 5.26 Å². The van der Waals surface area contributed by atoms with Gasteiger partial charge in [-0.2, -0.15) is 5.26 Å². The number of nitrogens with zero attached hydrogens (tertiary/aromatic N) is 2. The maximum Gasteiger partial charge on any atom is 0.270 e. The minimum atomic E-state index is -0.509. The van der Waals surface area contributed by atoms with Gasteiger partial charge in [-0.15, -0.1) is 0 Å². The quantitative estimate of drug-likeness (QED) is 0.195. The Morgan fingerprint density at radius 2 is 1.97 bits per heavy atom. The fraction of sp³-hybridized carbons (Fsp3) is 0.0455. The average molecular weight is 453 g/mol. The maximum absolute atomic E-state index is 13.4. The van der Waals surface area contributed by atoms with Crippen LogP contribution >= 0.6 is 15.9 Å². The third-order valence-electron chi connectivity index (χ3n) is 4.04. The molecule has 144 valence electrons. The van der Waals surface area contributed by atoms with Gasteiger partial charge in [-0.1, -0.05) is 40.2 Å². The molecule has 0 saturated carbocycles. The first kappa shape index (κ1) is 20.2. The van der Waals surface area contributed by atoms with E-state index in [0.29, 0.717) is 22.4 Å². The molecule has 0 aliphatic carbocycles. The molecule has 3 aromatic carbocycles. The van der Waals surface area contributed by atoms with Gasteiger partial charge in [0.05, 0.1) is 16.6 Å². The summed E-state index contributed by atoms with van der Waals surface area (Å²) in [5, 5.41) is 20.6. The molecule has 0 aromatic heterocycles. The zero-order valence-corrected chi connectivity index (χ0v) is 16.6. The standard InChI is InChI=1S/C22H14BrFN2O3/c23-19-7-8-22(29-14-15-3-1-5-20(24)9-15)17(11-19)10-18(13-25)16-4-2-6-21(12-16)26(27)28/h1-12H,14H2. The molecular weight excluding hydrogens is 439 g/mol. The number of non-ortho nitro benzene ring substituents is 1. The molecule has 0 saturated heterocycles. The number of allylic oxidation sites excluding steroid dienone is 1. The predicted octanol–water partition coefficient (Wildman–Crippen LogP) is 6.14. The maximum atomic E-state index is 13.4. The molecule has 0 aliphatic heterocycles. The van der Waals surface area contributed by atoms with E-state index in [9.17, 15) is 19.8 Å². The van der Waals surface area contributed by atoms with E-state index in [1.54, 1.807) is 42.5 Å². The van der Waals surface area contributed by atoms with Crippen LogP contribution in [-0.4, -0.2) is 4.92 Å². The van der Waals surface area contributed by atoms with Crippen LogP contribution in [0.2, 0.25) is 0 Å². The molecule has 0 atom stereocenters. The Bertz CT molecular complexity index is 1140. The van der Waals surface area contributed by atoms with Crippen molar-refractivity contribution >= 4 is 33.3 Å². The van der Waals surface area contributed by atoms with Gasteiger partial charge in [-0.05, 0) is 47.5 Å². The number of hydrogen-bond donors (Lipinski definition) is 0. The zero-order chi connectivity index (χ0) is 20.8. The molecule has 0 amide bonds. The van der Waals surface area contributed by atoms with Crippen LogP contribution in [-0.2, 0) is 6.61 Å². The number of ether oxygens (including phenoxy) is 1. The van der Waals surface area contributed by atoms with Gasteiger partial charge in [0.25, 0.3) is 5.69 Å². The molecule has 3 rings (SSSR count). The van der Waals surface area contributed by atoms with Crippen molar-refractivity contribution < 1.29 is 14.1 Å². The lowest BCUT2D eigenvalue weighted by molar-refractivity contribution is -0.384. The molecule has 7 heteroatoms. The summed E-state index contributed by atoms with van der Waals surface area (Å²) in [4.78, 5) is 10.5. The van der Waals surface area contributed by atoms with Crippen molar-refractivity contribution in [3.05, 3.63) is 104 Å². The molecule has 0 heterocycles. The summed E-state index contributed by atoms with van der Waals surface area (Å²) in [6.07, 6.45) is 1.60. The monoisotopic (exact) mass is 452 g/mol. The lowest BCUT2D eigenvalue weighted by Crippen LogP contribution is -1.98. The van der Waals surface area contributed by atoms with Crippen LogP contribution in [0.4, 0.5) is 10.1 Å². The van der Waals surface area contributed by atoms with Gasteiger partial charge in [0.15, 0.2) is 0 Å². The number of nitriles is 1. The molecule has 0 bridgehead atoms. The Balaban J connectivity index is 1.94. The lowest BCUT2D eigenvalue weighted by atomic mass is 10.0. The van der Waals surface area contributed by atoms with E-state index in [2.05, 4.69) is 22.0 Å². The molecule has 0 N–H and O–H groups in total. The van der Waals surface area contributed by atoms with Gasteiger partial charge in [-0.3, -0.25) is 10.1 Å². The van der Waals surface area contributed by atoms with Crippen molar-refractivity contribution in [1.82, 2.24) is 0 Å². The van der Waals surface area contributed by atoms with E-state index < -0.39 is 4.92 Å². The SMILES string of the molecule is N#CC(=Cc1cc(Br)ccc1OCc1cccc(F)c1)c1cccc([N+](=O)[O-])c1. The first-order chi connectivity index (χ1) is 14.0. The van der Waals surface area contributed by atoms with Crippen molar-refractivity contribution in [2.45, 2.75) is 6.61 Å². The van der Waals surface area contributed by atoms with E-state index >= 15 is 0 Å². The van der Waals surface area contributed by atoms with Crippen molar-refractivity contribution in [2.24, 2.45) is 0 Å². The number of rotatable bonds is 6. The first-order valence-electron chi connectivity index (χ1n) is 8.49. The molecule has 0 unspecified atom stereocenters. The molecule has 0 aliphatic rings. The highest BCUT2D eigenvalue weighted by Gasteiger charge is 2.11. The summed E-state index contributed by atoms with van der Waals surface area (Å²) in [5.41, 5.74) is 1.86. The normalized spacial score (nSPS) is 11.0. The van der Waals surface area contributed by atoms with Crippen LogP contribution < -0.4 is 4.74 Å². The van der Waals surface area contributed by atoms with Crippen LogP contribution in [0, 0.1) is 27.3 Å². The Kier molecular flexibility index (Phi) is 6.37. The van der Waals surface area contributed by atoms with E-state index in [1.165, 1.54) is 30.3 Å². The zero-order valence-electron chi connectivity index (χ0n) is 15.0. The summed E-state index contributed by atoms with van der Waals surface area (Å²) in [7, 11) is 0. The fourth-order valence-corrected chi connectivity index (χ4v) is 3.05. The second-order valence-electron chi connectivity index (χ2n) is 6.08. The summed E-state index contributed by atoms with van der Waals surface area (Å²) >= 11 is 3.39. The number of benzene rings is 3. The van der Waals surface area contributed by atoms with Crippen LogP contribution in [0.15, 0.2) is 71.2 Å². The van der Waals surface area contributed by atoms with Crippen LogP contribution in [0.25, 0.3) is 11.6 Å². The summed E-state index contributed by atoms with van der Waals surface area (Å²) in [6.45, 7) is 0.152. The predicted molar refractivity (Wildman–Crippen MR) is 111 cm³/mol. The summed E-state index contributed by atoms with van der Waals surface area (Å²) in [5.74, 6) is 0.148. The van der Waals surface area contributed by atoms with E-state index in [4.69, 9.17) is 4.74 Å². The Morgan fingerprint density at radius 1 is 1.17 bits per heavy atom. The van der Waals surface area contributed by atoms with Gasteiger partial charge in [-0.25, -0.2) is 4.39 Å². The van der Waals surface area contributed by atoms with Gasteiger partial charge in [0, 0.05) is 22.2 Å². The molecule has 3 aromatic rings. The first-order valence-corrected chi connectivity index (χ1v) is 9.29. The van der Waals surface area contributed by atoms with Gasteiger partial charge >= 0.3 is 0 Å². The molecule has 0 fully saturated rings. The van der Waals surface area contributed by atoms with Gasteiger partial charge in [0.2, 0.25) is 0 Å². The van der Waals surface area contributed by atoms with E-state index in [0.717, 1.165) is 4.47 Å². The van der Waals surface area contributed by atoms with Crippen molar-refractivity contribution in [2.75, 3.05) is 0 Å². The highest BCUT2D eigenvalue weighted by atomic mass is 79.9. The second-order valence-corrected chi connectivity index (χ2v) is 6.99. The summed E-state index contributed by atoms with van der Waals surface area (Å²) < 4.78 is 20.0. The molecule has 5 nitrogen and oxygen atoms in total. The number of hydrogen-bond acceptors (Lipinski definition) is 4. The Morgan fingerprint density at radius 3 is 2.69 bits per heavy atom. The van der Waals surface area contributed by atoms with Crippen LogP contribution in [0.5, 0.6) is 5.75 Å². The van der Waals surface area contributed by atoms with Gasteiger partial charge < -0.3 is 4.74 Å². The minimum Gasteiger partial charge on any atom is -0.488 e.